The van der Waals surface area contributed by atoms with Crippen molar-refractivity contribution in [2.75, 3.05) is 19.7 Å². The Morgan fingerprint density at radius 3 is 2.70 bits per heavy atom. The average Bonchev–Trinajstić information content (AvgIpc) is 2.53. The van der Waals surface area contributed by atoms with Crippen LogP contribution in [0.4, 0.5) is 0 Å². The third kappa shape index (κ3) is 5.58. The van der Waals surface area contributed by atoms with Crippen LogP contribution in [-0.2, 0) is 16.0 Å². The molecule has 1 aliphatic heterocycles. The second-order valence-electron chi connectivity index (χ2n) is 6.09. The van der Waals surface area contributed by atoms with Crippen molar-refractivity contribution in [2.24, 2.45) is 5.92 Å². The molecule has 126 valence electrons. The number of hydrogen-bond acceptors (Lipinski definition) is 3. The first-order chi connectivity index (χ1) is 11.1. The first kappa shape index (κ1) is 17.3. The van der Waals surface area contributed by atoms with E-state index >= 15 is 0 Å². The number of aliphatic carboxylic acids is 1. The van der Waals surface area contributed by atoms with Crippen LogP contribution < -0.4 is 4.74 Å². The SMILES string of the molecule is CCCOc1cccc(CC(=O)N2CCC(CC(=O)O)CC2)c1. The molecule has 0 spiro atoms. The number of carboxylic acid groups (broad SMARTS) is 1. The van der Waals surface area contributed by atoms with E-state index in [-0.39, 0.29) is 18.2 Å². The minimum Gasteiger partial charge on any atom is -0.494 e. The lowest BCUT2D eigenvalue weighted by Gasteiger charge is -2.31. The molecule has 5 nitrogen and oxygen atoms in total. The predicted molar refractivity (Wildman–Crippen MR) is 87.5 cm³/mol. The molecule has 1 aromatic carbocycles. The topological polar surface area (TPSA) is 66.8 Å². The summed E-state index contributed by atoms with van der Waals surface area (Å²) in [5.41, 5.74) is 0.955. The first-order valence-electron chi connectivity index (χ1n) is 8.29. The van der Waals surface area contributed by atoms with Crippen LogP contribution in [0.3, 0.4) is 0 Å². The van der Waals surface area contributed by atoms with E-state index < -0.39 is 5.97 Å². The summed E-state index contributed by atoms with van der Waals surface area (Å²) in [6, 6.07) is 7.67. The number of amides is 1. The van der Waals surface area contributed by atoms with E-state index in [1.807, 2.05) is 29.2 Å². The van der Waals surface area contributed by atoms with E-state index in [1.165, 1.54) is 0 Å². The maximum absolute atomic E-state index is 12.4. The molecular formula is C18H25NO4. The van der Waals surface area contributed by atoms with Gasteiger partial charge in [-0.3, -0.25) is 9.59 Å². The monoisotopic (exact) mass is 319 g/mol. The highest BCUT2D eigenvalue weighted by molar-refractivity contribution is 5.79. The Kier molecular flexibility index (Phi) is 6.44. The van der Waals surface area contributed by atoms with Crippen LogP contribution in [0, 0.1) is 5.92 Å². The van der Waals surface area contributed by atoms with E-state index in [0.29, 0.717) is 26.1 Å². The van der Waals surface area contributed by atoms with Crippen molar-refractivity contribution >= 4 is 11.9 Å². The number of ether oxygens (including phenoxy) is 1. The molecule has 0 saturated carbocycles. The lowest BCUT2D eigenvalue weighted by Crippen LogP contribution is -2.39. The van der Waals surface area contributed by atoms with Gasteiger partial charge in [0.15, 0.2) is 0 Å². The second-order valence-corrected chi connectivity index (χ2v) is 6.09. The summed E-state index contributed by atoms with van der Waals surface area (Å²) >= 11 is 0. The number of hydrogen-bond donors (Lipinski definition) is 1. The van der Waals surface area contributed by atoms with E-state index in [0.717, 1.165) is 30.6 Å². The molecule has 0 atom stereocenters. The average molecular weight is 319 g/mol. The molecule has 1 aliphatic rings. The first-order valence-corrected chi connectivity index (χ1v) is 8.29. The highest BCUT2D eigenvalue weighted by atomic mass is 16.5. The molecule has 0 radical (unpaired) electrons. The minimum atomic E-state index is -0.751. The van der Waals surface area contributed by atoms with E-state index in [1.54, 1.807) is 0 Å². The largest absolute Gasteiger partial charge is 0.494 e. The molecule has 2 rings (SSSR count). The highest BCUT2D eigenvalue weighted by Gasteiger charge is 2.24. The van der Waals surface area contributed by atoms with Gasteiger partial charge in [-0.1, -0.05) is 19.1 Å². The van der Waals surface area contributed by atoms with Gasteiger partial charge in [-0.15, -0.1) is 0 Å². The molecule has 5 heteroatoms. The number of likely N-dealkylation sites (tertiary alicyclic amines) is 1. The van der Waals surface area contributed by atoms with Crippen LogP contribution in [0.5, 0.6) is 5.75 Å². The summed E-state index contributed by atoms with van der Waals surface area (Å²) in [5.74, 6) is 0.352. The van der Waals surface area contributed by atoms with E-state index in [9.17, 15) is 9.59 Å². The predicted octanol–water partition coefficient (Wildman–Crippen LogP) is 2.73. The van der Waals surface area contributed by atoms with Gasteiger partial charge in [-0.25, -0.2) is 0 Å². The van der Waals surface area contributed by atoms with Gasteiger partial charge in [-0.05, 0) is 42.9 Å². The number of carboxylic acids is 1. The normalized spacial score (nSPS) is 15.4. The third-order valence-electron chi connectivity index (χ3n) is 4.16. The molecule has 1 heterocycles. The van der Waals surface area contributed by atoms with Crippen molar-refractivity contribution in [3.63, 3.8) is 0 Å². The number of carbonyl (C=O) groups is 2. The lowest BCUT2D eigenvalue weighted by molar-refractivity contribution is -0.138. The van der Waals surface area contributed by atoms with Crippen molar-refractivity contribution < 1.29 is 19.4 Å². The van der Waals surface area contributed by atoms with Crippen LogP contribution in [0.15, 0.2) is 24.3 Å². The fourth-order valence-electron chi connectivity index (χ4n) is 2.89. The van der Waals surface area contributed by atoms with E-state index in [4.69, 9.17) is 9.84 Å². The van der Waals surface area contributed by atoms with Gasteiger partial charge in [0.2, 0.25) is 5.91 Å². The molecule has 1 amide bonds. The molecule has 23 heavy (non-hydrogen) atoms. The summed E-state index contributed by atoms with van der Waals surface area (Å²) in [7, 11) is 0. The number of rotatable bonds is 7. The Hall–Kier alpha value is -2.04. The van der Waals surface area contributed by atoms with Crippen LogP contribution in [0.1, 0.15) is 38.2 Å². The van der Waals surface area contributed by atoms with Crippen LogP contribution >= 0.6 is 0 Å². The second kappa shape index (κ2) is 8.56. The van der Waals surface area contributed by atoms with Crippen molar-refractivity contribution in [3.8, 4) is 5.75 Å². The summed E-state index contributed by atoms with van der Waals surface area (Å²) in [4.78, 5) is 25.0. The van der Waals surface area contributed by atoms with Gasteiger partial charge >= 0.3 is 5.97 Å². The summed E-state index contributed by atoms with van der Waals surface area (Å²) in [6.45, 7) is 4.04. The Morgan fingerprint density at radius 1 is 1.30 bits per heavy atom. The van der Waals surface area contributed by atoms with Crippen LogP contribution in [0.2, 0.25) is 0 Å². The van der Waals surface area contributed by atoms with Crippen LogP contribution in [0.25, 0.3) is 0 Å². The van der Waals surface area contributed by atoms with Gasteiger partial charge in [0.25, 0.3) is 0 Å². The zero-order chi connectivity index (χ0) is 16.7. The minimum absolute atomic E-state index is 0.103. The number of carbonyl (C=O) groups excluding carboxylic acids is 1. The van der Waals surface area contributed by atoms with Gasteiger partial charge in [-0.2, -0.15) is 0 Å². The molecule has 0 unspecified atom stereocenters. The molecule has 1 aromatic rings. The maximum atomic E-state index is 12.4. The van der Waals surface area contributed by atoms with E-state index in [2.05, 4.69) is 6.92 Å². The molecule has 0 aliphatic carbocycles. The zero-order valence-electron chi connectivity index (χ0n) is 13.7. The maximum Gasteiger partial charge on any atom is 0.303 e. The summed E-state index contributed by atoms with van der Waals surface area (Å²) in [6.07, 6.45) is 3.08. The Labute approximate surface area is 137 Å². The fourth-order valence-corrected chi connectivity index (χ4v) is 2.89. The highest BCUT2D eigenvalue weighted by Crippen LogP contribution is 2.21. The molecule has 1 fully saturated rings. The molecule has 1 N–H and O–H groups in total. The summed E-state index contributed by atoms with van der Waals surface area (Å²) < 4.78 is 5.59. The molecule has 1 saturated heterocycles. The Balaban J connectivity index is 1.84. The van der Waals surface area contributed by atoms with Crippen molar-refractivity contribution in [2.45, 2.75) is 39.0 Å². The zero-order valence-corrected chi connectivity index (χ0v) is 13.7. The van der Waals surface area contributed by atoms with Crippen molar-refractivity contribution in [1.29, 1.82) is 0 Å². The molecule has 0 aromatic heterocycles. The lowest BCUT2D eigenvalue weighted by atomic mass is 9.93. The fraction of sp³-hybridized carbons (Fsp3) is 0.556. The van der Waals surface area contributed by atoms with Gasteiger partial charge < -0.3 is 14.7 Å². The molecular weight excluding hydrogens is 294 g/mol. The number of benzene rings is 1. The quantitative estimate of drug-likeness (QED) is 0.839. The third-order valence-corrected chi connectivity index (χ3v) is 4.16. The summed E-state index contributed by atoms with van der Waals surface area (Å²) in [5, 5.41) is 8.83. The van der Waals surface area contributed by atoms with Crippen LogP contribution in [-0.4, -0.2) is 41.6 Å². The standard InChI is InChI=1S/C18H25NO4/c1-2-10-23-16-5-3-4-15(11-16)12-17(20)19-8-6-14(7-9-19)13-18(21)22/h3-5,11,14H,2,6-10,12-13H2,1H3,(H,21,22). The molecule has 0 bridgehead atoms. The number of nitrogens with zero attached hydrogens (tertiary/aromatic N) is 1. The smallest absolute Gasteiger partial charge is 0.303 e. The van der Waals surface area contributed by atoms with Crippen molar-refractivity contribution in [1.82, 2.24) is 4.90 Å². The van der Waals surface area contributed by atoms with Gasteiger partial charge in [0.1, 0.15) is 5.75 Å². The van der Waals surface area contributed by atoms with Gasteiger partial charge in [0, 0.05) is 19.5 Å². The Bertz CT molecular complexity index is 536. The Morgan fingerprint density at radius 2 is 2.04 bits per heavy atom. The van der Waals surface area contributed by atoms with Crippen molar-refractivity contribution in [3.05, 3.63) is 29.8 Å². The van der Waals surface area contributed by atoms with Gasteiger partial charge in [0.05, 0.1) is 13.0 Å². The number of piperidine rings is 1.